The molecule has 0 aliphatic carbocycles. The van der Waals surface area contributed by atoms with E-state index in [2.05, 4.69) is 22.0 Å². The lowest BCUT2D eigenvalue weighted by Gasteiger charge is -2.04. The standard InChI is InChI=1S/C17H16N2O/c1-19-12-13(15-9-5-6-10-16(15)19)11-17(20)18-14-7-3-2-4-8-14/h2-10,12H,11H2,1H3,(H,18,20). The number of benzene rings is 2. The number of carbonyl (C=O) groups excluding carboxylic acids is 1. The second-order valence-corrected chi connectivity index (χ2v) is 4.87. The Kier molecular flexibility index (Phi) is 3.25. The highest BCUT2D eigenvalue weighted by atomic mass is 16.1. The van der Waals surface area contributed by atoms with Crippen molar-refractivity contribution in [2.45, 2.75) is 6.42 Å². The van der Waals surface area contributed by atoms with E-state index in [1.807, 2.05) is 55.7 Å². The van der Waals surface area contributed by atoms with E-state index in [1.165, 1.54) is 0 Å². The summed E-state index contributed by atoms with van der Waals surface area (Å²) in [6.07, 6.45) is 2.41. The molecule has 3 aromatic rings. The lowest BCUT2D eigenvalue weighted by molar-refractivity contribution is -0.115. The van der Waals surface area contributed by atoms with E-state index in [1.54, 1.807) is 0 Å². The number of anilines is 1. The summed E-state index contributed by atoms with van der Waals surface area (Å²) in [4.78, 5) is 12.1. The predicted molar refractivity (Wildman–Crippen MR) is 81.7 cm³/mol. The molecular formula is C17H16N2O. The van der Waals surface area contributed by atoms with Crippen LogP contribution in [0.1, 0.15) is 5.56 Å². The Bertz CT molecular complexity index is 744. The van der Waals surface area contributed by atoms with Crippen LogP contribution in [0, 0.1) is 0 Å². The van der Waals surface area contributed by atoms with Gasteiger partial charge in [-0.25, -0.2) is 0 Å². The van der Waals surface area contributed by atoms with Crippen molar-refractivity contribution in [1.29, 1.82) is 0 Å². The third-order valence-electron chi connectivity index (χ3n) is 3.39. The van der Waals surface area contributed by atoms with Gasteiger partial charge in [-0.2, -0.15) is 0 Å². The topological polar surface area (TPSA) is 34.0 Å². The van der Waals surface area contributed by atoms with Crippen LogP contribution in [0.15, 0.2) is 60.8 Å². The van der Waals surface area contributed by atoms with Gasteiger partial charge in [0, 0.05) is 29.8 Å². The fourth-order valence-electron chi connectivity index (χ4n) is 2.47. The van der Waals surface area contributed by atoms with E-state index in [-0.39, 0.29) is 5.91 Å². The Hall–Kier alpha value is -2.55. The third-order valence-corrected chi connectivity index (χ3v) is 3.39. The van der Waals surface area contributed by atoms with Crippen LogP contribution in [0.25, 0.3) is 10.9 Å². The number of para-hydroxylation sites is 2. The minimum atomic E-state index is 0.00699. The third kappa shape index (κ3) is 2.43. The molecular weight excluding hydrogens is 248 g/mol. The van der Waals surface area contributed by atoms with E-state index in [0.717, 1.165) is 22.2 Å². The van der Waals surface area contributed by atoms with Gasteiger partial charge in [-0.1, -0.05) is 36.4 Å². The lowest BCUT2D eigenvalue weighted by atomic mass is 10.1. The maximum Gasteiger partial charge on any atom is 0.228 e. The molecule has 3 nitrogen and oxygen atoms in total. The van der Waals surface area contributed by atoms with E-state index < -0.39 is 0 Å². The van der Waals surface area contributed by atoms with Crippen LogP contribution in [0.5, 0.6) is 0 Å². The summed E-state index contributed by atoms with van der Waals surface area (Å²) in [5.41, 5.74) is 3.03. The van der Waals surface area contributed by atoms with Gasteiger partial charge in [0.25, 0.3) is 0 Å². The van der Waals surface area contributed by atoms with E-state index in [9.17, 15) is 4.79 Å². The van der Waals surface area contributed by atoms with Crippen molar-refractivity contribution in [2.75, 3.05) is 5.32 Å². The first-order valence-electron chi connectivity index (χ1n) is 6.62. The highest BCUT2D eigenvalue weighted by Gasteiger charge is 2.10. The van der Waals surface area contributed by atoms with Crippen molar-refractivity contribution in [2.24, 2.45) is 7.05 Å². The molecule has 3 rings (SSSR count). The molecule has 3 heteroatoms. The van der Waals surface area contributed by atoms with Crippen LogP contribution in [-0.2, 0) is 18.3 Å². The number of aromatic nitrogens is 1. The Labute approximate surface area is 117 Å². The van der Waals surface area contributed by atoms with Gasteiger partial charge in [0.15, 0.2) is 0 Å². The zero-order valence-electron chi connectivity index (χ0n) is 11.3. The van der Waals surface area contributed by atoms with Crippen LogP contribution in [0.4, 0.5) is 5.69 Å². The number of hydrogen-bond acceptors (Lipinski definition) is 1. The molecule has 0 aliphatic heterocycles. The number of fused-ring (bicyclic) bond motifs is 1. The molecule has 0 aliphatic rings. The summed E-state index contributed by atoms with van der Waals surface area (Å²) in [5.74, 6) is 0.00699. The number of nitrogens with zero attached hydrogens (tertiary/aromatic N) is 1. The van der Waals surface area contributed by atoms with Crippen molar-refractivity contribution in [3.8, 4) is 0 Å². The number of hydrogen-bond donors (Lipinski definition) is 1. The summed E-state index contributed by atoms with van der Waals surface area (Å²) < 4.78 is 2.06. The first kappa shape index (κ1) is 12.5. The maximum absolute atomic E-state index is 12.1. The van der Waals surface area contributed by atoms with Gasteiger partial charge in [-0.15, -0.1) is 0 Å². The number of rotatable bonds is 3. The molecule has 0 spiro atoms. The van der Waals surface area contributed by atoms with E-state index >= 15 is 0 Å². The van der Waals surface area contributed by atoms with Crippen LogP contribution < -0.4 is 5.32 Å². The SMILES string of the molecule is Cn1cc(CC(=O)Nc2ccccc2)c2ccccc21. The monoisotopic (exact) mass is 264 g/mol. The van der Waals surface area contributed by atoms with Crippen LogP contribution in [-0.4, -0.2) is 10.5 Å². The molecule has 100 valence electrons. The first-order chi connectivity index (χ1) is 9.74. The van der Waals surface area contributed by atoms with Crippen molar-refractivity contribution in [3.05, 3.63) is 66.4 Å². The van der Waals surface area contributed by atoms with Gasteiger partial charge in [-0.05, 0) is 23.8 Å². The Morgan fingerprint density at radius 3 is 2.55 bits per heavy atom. The molecule has 1 amide bonds. The number of aryl methyl sites for hydroxylation is 1. The van der Waals surface area contributed by atoms with Crippen LogP contribution in [0.3, 0.4) is 0 Å². The molecule has 1 N–H and O–H groups in total. The fourth-order valence-corrected chi connectivity index (χ4v) is 2.47. The summed E-state index contributed by atoms with van der Waals surface area (Å²) in [6, 6.07) is 17.7. The molecule has 1 aromatic heterocycles. The normalized spacial score (nSPS) is 10.7. The Balaban J connectivity index is 1.81. The van der Waals surface area contributed by atoms with Gasteiger partial charge in [0.05, 0.1) is 6.42 Å². The molecule has 0 radical (unpaired) electrons. The predicted octanol–water partition coefficient (Wildman–Crippen LogP) is 3.36. The highest BCUT2D eigenvalue weighted by Crippen LogP contribution is 2.21. The van der Waals surface area contributed by atoms with Crippen molar-refractivity contribution in [3.63, 3.8) is 0 Å². The average molecular weight is 264 g/mol. The second kappa shape index (κ2) is 5.21. The number of nitrogens with one attached hydrogen (secondary N) is 1. The Morgan fingerprint density at radius 1 is 1.05 bits per heavy atom. The lowest BCUT2D eigenvalue weighted by Crippen LogP contribution is -2.14. The summed E-state index contributed by atoms with van der Waals surface area (Å²) in [5, 5.41) is 4.05. The van der Waals surface area contributed by atoms with Crippen molar-refractivity contribution in [1.82, 2.24) is 4.57 Å². The van der Waals surface area contributed by atoms with Crippen molar-refractivity contribution < 1.29 is 4.79 Å². The molecule has 2 aromatic carbocycles. The number of amides is 1. The molecule has 0 saturated heterocycles. The van der Waals surface area contributed by atoms with E-state index in [0.29, 0.717) is 6.42 Å². The molecule has 1 heterocycles. The highest BCUT2D eigenvalue weighted by molar-refractivity contribution is 5.95. The summed E-state index contributed by atoms with van der Waals surface area (Å²) in [6.45, 7) is 0. The molecule has 0 fully saturated rings. The fraction of sp³-hybridized carbons (Fsp3) is 0.118. The molecule has 0 bridgehead atoms. The van der Waals surface area contributed by atoms with E-state index in [4.69, 9.17) is 0 Å². The van der Waals surface area contributed by atoms with Gasteiger partial charge < -0.3 is 9.88 Å². The first-order valence-corrected chi connectivity index (χ1v) is 6.62. The summed E-state index contributed by atoms with van der Waals surface area (Å²) >= 11 is 0. The minimum absolute atomic E-state index is 0.00699. The minimum Gasteiger partial charge on any atom is -0.350 e. The quantitative estimate of drug-likeness (QED) is 0.773. The van der Waals surface area contributed by atoms with Gasteiger partial charge >= 0.3 is 0 Å². The molecule has 0 atom stereocenters. The maximum atomic E-state index is 12.1. The van der Waals surface area contributed by atoms with Crippen LogP contribution >= 0.6 is 0 Å². The summed E-state index contributed by atoms with van der Waals surface area (Å²) in [7, 11) is 2.00. The molecule has 20 heavy (non-hydrogen) atoms. The van der Waals surface area contributed by atoms with Crippen molar-refractivity contribution >= 4 is 22.5 Å². The van der Waals surface area contributed by atoms with Gasteiger partial charge in [0.2, 0.25) is 5.91 Å². The Morgan fingerprint density at radius 2 is 1.75 bits per heavy atom. The molecule has 0 saturated carbocycles. The zero-order chi connectivity index (χ0) is 13.9. The van der Waals surface area contributed by atoms with Gasteiger partial charge in [0.1, 0.15) is 0 Å². The zero-order valence-corrected chi connectivity index (χ0v) is 11.3. The smallest absolute Gasteiger partial charge is 0.228 e. The van der Waals surface area contributed by atoms with Gasteiger partial charge in [-0.3, -0.25) is 4.79 Å². The largest absolute Gasteiger partial charge is 0.350 e. The van der Waals surface area contributed by atoms with Crippen LogP contribution in [0.2, 0.25) is 0 Å². The average Bonchev–Trinajstić information content (AvgIpc) is 2.77. The second-order valence-electron chi connectivity index (χ2n) is 4.87. The number of carbonyl (C=O) groups is 1. The molecule has 0 unspecified atom stereocenters.